The molecule has 1 unspecified atom stereocenters. The molecule has 1 aliphatic rings. The number of esters is 5. The highest BCUT2D eigenvalue weighted by Crippen LogP contribution is 2.39. The Morgan fingerprint density at radius 3 is 1.88 bits per heavy atom. The maximum atomic E-state index is 12.2. The van der Waals surface area contributed by atoms with E-state index in [0.29, 0.717) is 28.3 Å². The fourth-order valence-corrected chi connectivity index (χ4v) is 4.65. The molecule has 1 saturated heterocycles. The Labute approximate surface area is 241 Å². The van der Waals surface area contributed by atoms with Crippen LogP contribution in [0, 0.1) is 0 Å². The number of benzene rings is 2. The average Bonchev–Trinajstić information content (AvgIpc) is 2.86. The van der Waals surface area contributed by atoms with Crippen LogP contribution in [0.15, 0.2) is 42.5 Å². The molecule has 2 aromatic carbocycles. The summed E-state index contributed by atoms with van der Waals surface area (Å²) in [5, 5.41) is 0.448. The van der Waals surface area contributed by atoms with E-state index in [2.05, 4.69) is 0 Å². The summed E-state index contributed by atoms with van der Waals surface area (Å²) in [6.07, 6.45) is -5.48. The van der Waals surface area contributed by atoms with Crippen LogP contribution in [0.25, 0.3) is 0 Å². The zero-order chi connectivity index (χ0) is 30.3. The molecule has 0 aromatic heterocycles. The predicted molar refractivity (Wildman–Crippen MR) is 143 cm³/mol. The molecule has 1 heterocycles. The minimum Gasteiger partial charge on any atom is -0.463 e. The highest BCUT2D eigenvalue weighted by Gasteiger charge is 2.52. The van der Waals surface area contributed by atoms with Gasteiger partial charge in [-0.1, -0.05) is 35.9 Å². The fourth-order valence-electron chi connectivity index (χ4n) is 4.47. The van der Waals surface area contributed by atoms with Gasteiger partial charge in [0.05, 0.1) is 0 Å². The predicted octanol–water partition coefficient (Wildman–Crippen LogP) is 3.65. The number of hydrogen-bond donors (Lipinski definition) is 0. The summed E-state index contributed by atoms with van der Waals surface area (Å²) in [6.45, 7) is 5.69. The third kappa shape index (κ3) is 9.02. The molecule has 0 radical (unpaired) electrons. The van der Waals surface area contributed by atoms with Crippen molar-refractivity contribution in [3.8, 4) is 5.75 Å². The van der Waals surface area contributed by atoms with E-state index in [4.69, 9.17) is 40.0 Å². The normalized spacial score (nSPS) is 21.8. The summed E-state index contributed by atoms with van der Waals surface area (Å²) in [6, 6.07) is 12.0. The summed E-state index contributed by atoms with van der Waals surface area (Å²) in [7, 11) is 0. The molecule has 0 N–H and O–H groups in total. The minimum absolute atomic E-state index is 0.330. The molecule has 3 rings (SSSR count). The highest BCUT2D eigenvalue weighted by molar-refractivity contribution is 6.31. The number of hydrogen-bond acceptors (Lipinski definition) is 11. The minimum atomic E-state index is -1.28. The van der Waals surface area contributed by atoms with Crippen LogP contribution in [0.2, 0.25) is 5.02 Å². The molecule has 0 amide bonds. The molecular formula is C29H31ClO11. The first-order chi connectivity index (χ1) is 19.3. The van der Waals surface area contributed by atoms with E-state index in [1.807, 2.05) is 0 Å². The maximum Gasteiger partial charge on any atom is 0.308 e. The molecule has 220 valence electrons. The molecule has 1 fully saturated rings. The van der Waals surface area contributed by atoms with Gasteiger partial charge in [0, 0.05) is 39.6 Å². The Hall–Kier alpha value is -3.96. The van der Waals surface area contributed by atoms with E-state index in [0.717, 1.165) is 19.4 Å². The fraction of sp³-hybridized carbons (Fsp3) is 0.414. The van der Waals surface area contributed by atoms with Crippen molar-refractivity contribution in [2.24, 2.45) is 0 Å². The summed E-state index contributed by atoms with van der Waals surface area (Å²) in [5.74, 6) is -2.76. The number of carbonyl (C=O) groups excluding carboxylic acids is 5. The second-order valence-electron chi connectivity index (χ2n) is 9.39. The van der Waals surface area contributed by atoms with Gasteiger partial charge in [-0.05, 0) is 41.3 Å². The number of rotatable bonds is 9. The van der Waals surface area contributed by atoms with Gasteiger partial charge in [-0.15, -0.1) is 0 Å². The number of carbonyl (C=O) groups is 5. The van der Waals surface area contributed by atoms with E-state index in [9.17, 15) is 24.0 Å². The Kier molecular flexibility index (Phi) is 10.8. The van der Waals surface area contributed by atoms with Crippen LogP contribution >= 0.6 is 11.6 Å². The van der Waals surface area contributed by atoms with Gasteiger partial charge in [-0.25, -0.2) is 0 Å². The maximum absolute atomic E-state index is 12.2. The molecule has 41 heavy (non-hydrogen) atoms. The summed E-state index contributed by atoms with van der Waals surface area (Å²) in [5.41, 5.74) is 2.07. The number of ether oxygens (including phenoxy) is 6. The zero-order valence-corrected chi connectivity index (χ0v) is 24.0. The van der Waals surface area contributed by atoms with E-state index in [1.54, 1.807) is 42.5 Å². The summed E-state index contributed by atoms with van der Waals surface area (Å²) >= 11 is 6.52. The summed E-state index contributed by atoms with van der Waals surface area (Å²) in [4.78, 5) is 59.0. The van der Waals surface area contributed by atoms with Gasteiger partial charge in [0.2, 0.25) is 0 Å². The van der Waals surface area contributed by atoms with E-state index in [1.165, 1.54) is 20.8 Å². The van der Waals surface area contributed by atoms with Gasteiger partial charge in [-0.2, -0.15) is 0 Å². The number of halogens is 1. The van der Waals surface area contributed by atoms with Crippen molar-refractivity contribution in [3.05, 3.63) is 64.2 Å². The molecule has 12 heteroatoms. The van der Waals surface area contributed by atoms with Gasteiger partial charge in [-0.3, -0.25) is 24.0 Å². The second kappa shape index (κ2) is 14.1. The van der Waals surface area contributed by atoms with Crippen molar-refractivity contribution in [2.75, 3.05) is 6.61 Å². The highest BCUT2D eigenvalue weighted by atomic mass is 35.5. The van der Waals surface area contributed by atoms with Crippen molar-refractivity contribution in [1.82, 2.24) is 0 Å². The molecule has 11 nitrogen and oxygen atoms in total. The topological polar surface area (TPSA) is 141 Å². The van der Waals surface area contributed by atoms with Gasteiger partial charge in [0.15, 0.2) is 18.3 Å². The van der Waals surface area contributed by atoms with Crippen molar-refractivity contribution in [2.45, 2.75) is 71.6 Å². The van der Waals surface area contributed by atoms with Crippen molar-refractivity contribution < 1.29 is 52.4 Å². The Morgan fingerprint density at radius 2 is 1.32 bits per heavy atom. The first-order valence-corrected chi connectivity index (χ1v) is 13.1. The Morgan fingerprint density at radius 1 is 0.732 bits per heavy atom. The zero-order valence-electron chi connectivity index (χ0n) is 23.2. The van der Waals surface area contributed by atoms with Gasteiger partial charge in [0.25, 0.3) is 0 Å². The molecular weight excluding hydrogens is 560 g/mol. The lowest BCUT2D eigenvalue weighted by molar-refractivity contribution is -0.254. The second-order valence-corrected chi connectivity index (χ2v) is 9.79. The van der Waals surface area contributed by atoms with Gasteiger partial charge in [0.1, 0.15) is 24.6 Å². The van der Waals surface area contributed by atoms with Crippen LogP contribution in [0.5, 0.6) is 5.75 Å². The van der Waals surface area contributed by atoms with Crippen molar-refractivity contribution >= 4 is 41.4 Å². The van der Waals surface area contributed by atoms with Crippen LogP contribution in [-0.4, -0.2) is 60.9 Å². The first-order valence-electron chi connectivity index (χ1n) is 12.7. The van der Waals surface area contributed by atoms with Crippen LogP contribution in [0.4, 0.5) is 0 Å². The molecule has 0 bridgehead atoms. The Balaban J connectivity index is 2.02. The van der Waals surface area contributed by atoms with Crippen LogP contribution in [0.1, 0.15) is 57.4 Å². The Bertz CT molecular complexity index is 1290. The smallest absolute Gasteiger partial charge is 0.308 e. The molecule has 0 spiro atoms. The molecule has 0 saturated carbocycles. The van der Waals surface area contributed by atoms with Gasteiger partial charge >= 0.3 is 29.8 Å². The molecule has 0 aliphatic carbocycles. The quantitative estimate of drug-likeness (QED) is 0.240. The van der Waals surface area contributed by atoms with Crippen LogP contribution in [-0.2, 0) is 54.1 Å². The molecule has 5 atom stereocenters. The monoisotopic (exact) mass is 590 g/mol. The SMILES string of the molecule is CC(=O)OCC1O[C@@H](c2ccc(Cl)c(Cc3ccc(OC(C)=O)cc3)c2)[C@H](OC(C)=O)[C@@H](OC(C)=O)[C@@H]1OC(C)=O. The van der Waals surface area contributed by atoms with E-state index >= 15 is 0 Å². The summed E-state index contributed by atoms with van der Waals surface area (Å²) < 4.78 is 33.0. The van der Waals surface area contributed by atoms with Crippen molar-refractivity contribution in [1.29, 1.82) is 0 Å². The van der Waals surface area contributed by atoms with E-state index < -0.39 is 60.4 Å². The average molecular weight is 591 g/mol. The van der Waals surface area contributed by atoms with Crippen LogP contribution < -0.4 is 4.74 Å². The van der Waals surface area contributed by atoms with Crippen LogP contribution in [0.3, 0.4) is 0 Å². The first kappa shape index (κ1) is 31.6. The van der Waals surface area contributed by atoms with Crippen molar-refractivity contribution in [3.63, 3.8) is 0 Å². The molecule has 1 aliphatic heterocycles. The lowest BCUT2D eigenvalue weighted by Gasteiger charge is -2.44. The lowest BCUT2D eigenvalue weighted by Crippen LogP contribution is -2.59. The third-order valence-electron chi connectivity index (χ3n) is 5.97. The van der Waals surface area contributed by atoms with Gasteiger partial charge < -0.3 is 28.4 Å². The molecule has 2 aromatic rings. The third-order valence-corrected chi connectivity index (χ3v) is 6.34. The van der Waals surface area contributed by atoms with E-state index in [-0.39, 0.29) is 6.61 Å². The largest absolute Gasteiger partial charge is 0.463 e. The standard InChI is InChI=1S/C29H31ClO11/c1-15(31)36-14-25-27(38-17(3)33)29(40-19(5)35)28(39-18(4)34)26(41-25)21-8-11-24(30)22(13-21)12-20-6-9-23(10-7-20)37-16(2)32/h6-11,13,25-29H,12,14H2,1-5H3/t25?,26-,27+,28-,29-/m0/s1. The lowest BCUT2D eigenvalue weighted by atomic mass is 9.89.